The number of rotatable bonds is 17. The van der Waals surface area contributed by atoms with Crippen LogP contribution >= 0.6 is 0 Å². The van der Waals surface area contributed by atoms with Crippen molar-refractivity contribution in [1.29, 1.82) is 0 Å². The molecule has 0 heterocycles. The Morgan fingerprint density at radius 2 is 1.33 bits per heavy atom. The van der Waals surface area contributed by atoms with Gasteiger partial charge in [-0.3, -0.25) is 19.4 Å². The number of guanidine groups is 1. The van der Waals surface area contributed by atoms with Crippen molar-refractivity contribution < 1.29 is 29.4 Å². The summed E-state index contributed by atoms with van der Waals surface area (Å²) in [4.78, 5) is 55.6. The lowest BCUT2D eigenvalue weighted by atomic mass is 9.99. The molecule has 0 aliphatic rings. The summed E-state index contributed by atoms with van der Waals surface area (Å²) in [5.74, 6) is -3.16. The predicted octanol–water partition coefficient (Wildman–Crippen LogP) is 0.143. The fourth-order valence-corrected chi connectivity index (χ4v) is 4.30. The number of hydrogen-bond acceptors (Lipinski definition) is 7. The van der Waals surface area contributed by atoms with E-state index in [1.54, 1.807) is 42.5 Å². The highest BCUT2D eigenvalue weighted by Crippen LogP contribution is 2.13. The van der Waals surface area contributed by atoms with Gasteiger partial charge in [0.1, 0.15) is 23.9 Å². The summed E-state index contributed by atoms with van der Waals surface area (Å²) in [7, 11) is 0. The Kier molecular flexibility index (Phi) is 13.9. The van der Waals surface area contributed by atoms with E-state index in [0.29, 0.717) is 12.0 Å². The first-order chi connectivity index (χ1) is 20.3. The van der Waals surface area contributed by atoms with Gasteiger partial charge in [0.2, 0.25) is 17.7 Å². The van der Waals surface area contributed by atoms with E-state index in [0.717, 1.165) is 5.56 Å². The van der Waals surface area contributed by atoms with E-state index in [1.807, 2.05) is 13.8 Å². The number of carboxylic acids is 1. The molecule has 2 aromatic carbocycles. The number of phenols is 1. The van der Waals surface area contributed by atoms with E-state index in [4.69, 9.17) is 17.2 Å². The summed E-state index contributed by atoms with van der Waals surface area (Å²) >= 11 is 0. The van der Waals surface area contributed by atoms with Crippen molar-refractivity contribution in [2.75, 3.05) is 6.54 Å². The number of nitrogens with one attached hydrogen (secondary N) is 3. The zero-order valence-corrected chi connectivity index (χ0v) is 24.5. The molecule has 0 aromatic heterocycles. The van der Waals surface area contributed by atoms with Crippen molar-refractivity contribution in [3.05, 3.63) is 65.7 Å². The fourth-order valence-electron chi connectivity index (χ4n) is 4.30. The maximum atomic E-state index is 13.6. The SMILES string of the molecule is CC(C)CC(NC(=O)C(Cc1ccc(O)cc1)NC(=O)C(N)CCCN=C(N)N)C(=O)NC(Cc1ccccc1)C(=O)O. The van der Waals surface area contributed by atoms with Gasteiger partial charge in [-0.2, -0.15) is 0 Å². The Morgan fingerprint density at radius 1 is 0.791 bits per heavy atom. The van der Waals surface area contributed by atoms with Crippen molar-refractivity contribution in [3.8, 4) is 5.75 Å². The van der Waals surface area contributed by atoms with Gasteiger partial charge in [0, 0.05) is 19.4 Å². The lowest BCUT2D eigenvalue weighted by molar-refractivity contribution is -0.142. The first-order valence-corrected chi connectivity index (χ1v) is 14.1. The van der Waals surface area contributed by atoms with Crippen molar-refractivity contribution in [1.82, 2.24) is 16.0 Å². The molecular formula is C30H43N7O6. The van der Waals surface area contributed by atoms with Crippen LogP contribution in [0.5, 0.6) is 5.75 Å². The normalized spacial score (nSPS) is 13.7. The Balaban J connectivity index is 2.20. The first kappa shape index (κ1) is 34.6. The number of aliphatic carboxylic acids is 1. The third kappa shape index (κ3) is 12.8. The number of nitrogens with two attached hydrogens (primary N) is 3. The van der Waals surface area contributed by atoms with E-state index in [-0.39, 0.29) is 49.9 Å². The number of aliphatic imine (C=N–C) groups is 1. The van der Waals surface area contributed by atoms with E-state index >= 15 is 0 Å². The standard InChI is InChI=1S/C30H43N7O6/c1-18(2)15-23(27(40)37-25(29(42)43)17-19-7-4-3-5-8-19)36-28(41)24(16-20-10-12-21(38)13-11-20)35-26(39)22(31)9-6-14-34-30(32)33/h3-5,7-8,10-13,18,22-25,38H,6,9,14-17,31H2,1-2H3,(H,35,39)(H,36,41)(H,37,40)(H,42,43)(H4,32,33,34). The highest BCUT2D eigenvalue weighted by molar-refractivity contribution is 5.94. The lowest BCUT2D eigenvalue weighted by Gasteiger charge is -2.26. The van der Waals surface area contributed by atoms with Crippen LogP contribution in [-0.2, 0) is 32.0 Å². The maximum absolute atomic E-state index is 13.6. The molecule has 2 rings (SSSR count). The van der Waals surface area contributed by atoms with Gasteiger partial charge in [0.15, 0.2) is 5.96 Å². The van der Waals surface area contributed by atoms with E-state index in [2.05, 4.69) is 20.9 Å². The first-order valence-electron chi connectivity index (χ1n) is 14.1. The Morgan fingerprint density at radius 3 is 1.91 bits per heavy atom. The number of benzene rings is 2. The Labute approximate surface area is 251 Å². The Hall–Kier alpha value is -4.65. The van der Waals surface area contributed by atoms with Crippen LogP contribution in [0.1, 0.15) is 44.2 Å². The number of amides is 3. The summed E-state index contributed by atoms with van der Waals surface area (Å²) in [5, 5.41) is 27.3. The molecule has 4 unspecified atom stereocenters. The lowest BCUT2D eigenvalue weighted by Crippen LogP contribution is -2.58. The molecule has 0 saturated heterocycles. The molecule has 0 bridgehead atoms. The van der Waals surface area contributed by atoms with Crippen LogP contribution in [0.15, 0.2) is 59.6 Å². The molecule has 0 aliphatic carbocycles. The van der Waals surface area contributed by atoms with Crippen LogP contribution in [0.4, 0.5) is 0 Å². The quantitative estimate of drug-likeness (QED) is 0.0702. The van der Waals surface area contributed by atoms with Gasteiger partial charge in [-0.05, 0) is 48.4 Å². The molecule has 0 aliphatic heterocycles. The van der Waals surface area contributed by atoms with Gasteiger partial charge >= 0.3 is 5.97 Å². The third-order valence-corrected chi connectivity index (χ3v) is 6.55. The van der Waals surface area contributed by atoms with Gasteiger partial charge in [0.05, 0.1) is 6.04 Å². The summed E-state index contributed by atoms with van der Waals surface area (Å²) < 4.78 is 0. The van der Waals surface area contributed by atoms with Gasteiger partial charge in [-0.1, -0.05) is 56.3 Å². The smallest absolute Gasteiger partial charge is 0.326 e. The van der Waals surface area contributed by atoms with Crippen LogP contribution in [0.3, 0.4) is 0 Å². The minimum absolute atomic E-state index is 0.0303. The molecule has 2 aromatic rings. The largest absolute Gasteiger partial charge is 0.508 e. The van der Waals surface area contributed by atoms with Crippen LogP contribution in [0, 0.1) is 5.92 Å². The molecule has 234 valence electrons. The van der Waals surface area contributed by atoms with Crippen LogP contribution in [0.25, 0.3) is 0 Å². The second kappa shape index (κ2) is 17.3. The van der Waals surface area contributed by atoms with Crippen molar-refractivity contribution in [2.24, 2.45) is 28.1 Å². The zero-order chi connectivity index (χ0) is 31.9. The molecule has 0 fully saturated rings. The number of carboxylic acid groups (broad SMARTS) is 1. The number of carbonyl (C=O) groups is 4. The molecule has 13 heteroatoms. The van der Waals surface area contributed by atoms with E-state index in [9.17, 15) is 29.4 Å². The minimum atomic E-state index is -1.22. The van der Waals surface area contributed by atoms with Gasteiger partial charge in [-0.15, -0.1) is 0 Å². The molecular weight excluding hydrogens is 554 g/mol. The molecule has 4 atom stereocenters. The molecule has 43 heavy (non-hydrogen) atoms. The summed E-state index contributed by atoms with van der Waals surface area (Å²) in [6, 6.07) is 10.6. The van der Waals surface area contributed by atoms with Gasteiger partial charge < -0.3 is 43.4 Å². The monoisotopic (exact) mass is 597 g/mol. The molecule has 0 radical (unpaired) electrons. The van der Waals surface area contributed by atoms with Crippen LogP contribution in [0.2, 0.25) is 0 Å². The highest BCUT2D eigenvalue weighted by atomic mass is 16.4. The second-order valence-corrected chi connectivity index (χ2v) is 10.8. The number of nitrogens with zero attached hydrogens (tertiary/aromatic N) is 1. The highest BCUT2D eigenvalue weighted by Gasteiger charge is 2.31. The molecule has 3 amide bonds. The fraction of sp³-hybridized carbons (Fsp3) is 0.433. The molecule has 11 N–H and O–H groups in total. The third-order valence-electron chi connectivity index (χ3n) is 6.55. The molecule has 0 spiro atoms. The summed E-state index contributed by atoms with van der Waals surface area (Å²) in [5.41, 5.74) is 18.0. The summed E-state index contributed by atoms with van der Waals surface area (Å²) in [6.07, 6.45) is 1.02. The van der Waals surface area contributed by atoms with Crippen molar-refractivity contribution >= 4 is 29.7 Å². The van der Waals surface area contributed by atoms with Gasteiger partial charge in [-0.25, -0.2) is 4.79 Å². The average molecular weight is 598 g/mol. The zero-order valence-electron chi connectivity index (χ0n) is 24.5. The van der Waals surface area contributed by atoms with Crippen LogP contribution < -0.4 is 33.2 Å². The van der Waals surface area contributed by atoms with Crippen LogP contribution in [-0.4, -0.2) is 70.6 Å². The van der Waals surface area contributed by atoms with Crippen molar-refractivity contribution in [2.45, 2.75) is 70.1 Å². The topological polar surface area (TPSA) is 235 Å². The number of carbonyl (C=O) groups excluding carboxylic acids is 3. The number of aromatic hydroxyl groups is 1. The van der Waals surface area contributed by atoms with Gasteiger partial charge in [0.25, 0.3) is 0 Å². The number of phenolic OH excluding ortho intramolecular Hbond substituents is 1. The summed E-state index contributed by atoms with van der Waals surface area (Å²) in [6.45, 7) is 4.01. The average Bonchev–Trinajstić information content (AvgIpc) is 2.95. The second-order valence-electron chi connectivity index (χ2n) is 10.8. The molecule has 0 saturated carbocycles. The number of hydrogen-bond donors (Lipinski definition) is 8. The molecule has 13 nitrogen and oxygen atoms in total. The Bertz CT molecular complexity index is 1230. The van der Waals surface area contributed by atoms with E-state index in [1.165, 1.54) is 12.1 Å². The predicted molar refractivity (Wildman–Crippen MR) is 163 cm³/mol. The maximum Gasteiger partial charge on any atom is 0.326 e. The van der Waals surface area contributed by atoms with Crippen molar-refractivity contribution in [3.63, 3.8) is 0 Å². The minimum Gasteiger partial charge on any atom is -0.508 e. The van der Waals surface area contributed by atoms with E-state index < -0.39 is 47.9 Å².